The second kappa shape index (κ2) is 3.74. The smallest absolute Gasteiger partial charge is 0.263 e. The molecule has 3 nitrogen and oxygen atoms in total. The number of nitrogens with zero attached hydrogens (tertiary/aromatic N) is 1. The molecule has 0 atom stereocenters. The summed E-state index contributed by atoms with van der Waals surface area (Å²) in [5, 5.41) is 0. The Bertz CT molecular complexity index is 445. The van der Waals surface area contributed by atoms with Gasteiger partial charge in [-0.3, -0.25) is 0 Å². The second-order valence-corrected chi connectivity index (χ2v) is 5.48. The van der Waals surface area contributed by atoms with Gasteiger partial charge < -0.3 is 4.90 Å². The van der Waals surface area contributed by atoms with Gasteiger partial charge in [-0.05, 0) is 18.2 Å². The fourth-order valence-electron chi connectivity index (χ4n) is 1.05. The molecule has 0 aliphatic rings. The van der Waals surface area contributed by atoms with Crippen LogP contribution in [0.15, 0.2) is 23.1 Å². The normalized spacial score (nSPS) is 11.4. The molecule has 1 aromatic rings. The first kappa shape index (κ1) is 11.3. The number of anilines is 1. The molecule has 0 bridgehead atoms. The van der Waals surface area contributed by atoms with E-state index in [1.54, 1.807) is 19.0 Å². The Morgan fingerprint density at radius 3 is 2.36 bits per heavy atom. The van der Waals surface area contributed by atoms with Gasteiger partial charge in [0.05, 0.1) is 5.69 Å². The van der Waals surface area contributed by atoms with Crippen LogP contribution in [0.4, 0.5) is 10.1 Å². The van der Waals surface area contributed by atoms with Gasteiger partial charge in [-0.2, -0.15) is 0 Å². The summed E-state index contributed by atoms with van der Waals surface area (Å²) in [7, 11) is 4.55. The molecule has 14 heavy (non-hydrogen) atoms. The monoisotopic (exact) mass is 237 g/mol. The summed E-state index contributed by atoms with van der Waals surface area (Å²) in [5.74, 6) is -0.630. The van der Waals surface area contributed by atoms with E-state index in [0.717, 1.165) is 6.07 Å². The highest BCUT2D eigenvalue weighted by Crippen LogP contribution is 2.27. The highest BCUT2D eigenvalue weighted by atomic mass is 35.7. The molecule has 0 saturated heterocycles. The molecular formula is C8H9ClFNO2S. The van der Waals surface area contributed by atoms with Crippen molar-refractivity contribution in [1.29, 1.82) is 0 Å². The van der Waals surface area contributed by atoms with Crippen LogP contribution in [0, 0.1) is 5.82 Å². The molecular weight excluding hydrogens is 229 g/mol. The highest BCUT2D eigenvalue weighted by molar-refractivity contribution is 8.13. The third-order valence-electron chi connectivity index (χ3n) is 1.67. The molecule has 0 aromatic heterocycles. The third kappa shape index (κ3) is 2.36. The van der Waals surface area contributed by atoms with Crippen LogP contribution in [0.2, 0.25) is 0 Å². The number of hydrogen-bond donors (Lipinski definition) is 0. The number of rotatable bonds is 2. The number of halogens is 2. The Morgan fingerprint density at radius 2 is 1.93 bits per heavy atom. The van der Waals surface area contributed by atoms with Gasteiger partial charge in [-0.25, -0.2) is 12.8 Å². The van der Waals surface area contributed by atoms with E-state index in [0.29, 0.717) is 5.69 Å². The summed E-state index contributed by atoms with van der Waals surface area (Å²) in [6, 6.07) is 3.45. The highest BCUT2D eigenvalue weighted by Gasteiger charge is 2.17. The van der Waals surface area contributed by atoms with Crippen molar-refractivity contribution >= 4 is 25.4 Å². The van der Waals surface area contributed by atoms with E-state index < -0.39 is 14.9 Å². The first-order valence-electron chi connectivity index (χ1n) is 3.74. The van der Waals surface area contributed by atoms with Gasteiger partial charge in [0.15, 0.2) is 0 Å². The molecule has 0 N–H and O–H groups in total. The van der Waals surface area contributed by atoms with Gasteiger partial charge in [0.1, 0.15) is 10.7 Å². The van der Waals surface area contributed by atoms with Crippen LogP contribution in [-0.4, -0.2) is 22.5 Å². The summed E-state index contributed by atoms with van der Waals surface area (Å²) in [4.78, 5) is 1.33. The zero-order chi connectivity index (χ0) is 10.9. The second-order valence-electron chi connectivity index (χ2n) is 2.94. The third-order valence-corrected chi connectivity index (χ3v) is 3.02. The van der Waals surface area contributed by atoms with E-state index in [-0.39, 0.29) is 4.90 Å². The summed E-state index contributed by atoms with van der Waals surface area (Å²) >= 11 is 0. The van der Waals surface area contributed by atoms with Crippen molar-refractivity contribution in [3.05, 3.63) is 24.0 Å². The lowest BCUT2D eigenvalue weighted by molar-refractivity contribution is 0.602. The Hall–Kier alpha value is -0.810. The van der Waals surface area contributed by atoms with E-state index in [4.69, 9.17) is 10.7 Å². The summed E-state index contributed by atoms with van der Waals surface area (Å²) in [6.45, 7) is 0. The molecule has 0 heterocycles. The van der Waals surface area contributed by atoms with E-state index in [2.05, 4.69) is 0 Å². The molecule has 0 unspecified atom stereocenters. The van der Waals surface area contributed by atoms with Crippen LogP contribution in [-0.2, 0) is 9.05 Å². The van der Waals surface area contributed by atoms with Gasteiger partial charge in [-0.15, -0.1) is 0 Å². The zero-order valence-electron chi connectivity index (χ0n) is 7.66. The van der Waals surface area contributed by atoms with Gasteiger partial charge in [0.25, 0.3) is 9.05 Å². The largest absolute Gasteiger partial charge is 0.377 e. The maximum Gasteiger partial charge on any atom is 0.263 e. The van der Waals surface area contributed by atoms with Crippen molar-refractivity contribution in [3.8, 4) is 0 Å². The Balaban J connectivity index is 3.46. The minimum absolute atomic E-state index is 0.218. The maximum absolute atomic E-state index is 12.8. The van der Waals surface area contributed by atoms with E-state index >= 15 is 0 Å². The molecule has 0 radical (unpaired) electrons. The lowest BCUT2D eigenvalue weighted by Crippen LogP contribution is -2.12. The molecule has 0 amide bonds. The SMILES string of the molecule is CN(C)c1ccc(F)cc1S(=O)(=O)Cl. The lowest BCUT2D eigenvalue weighted by atomic mass is 10.3. The molecule has 0 fully saturated rings. The van der Waals surface area contributed by atoms with E-state index in [9.17, 15) is 12.8 Å². The fraction of sp³-hybridized carbons (Fsp3) is 0.250. The Labute approximate surface area is 86.5 Å². The summed E-state index contributed by atoms with van der Waals surface area (Å²) in [6.07, 6.45) is 0. The molecule has 1 rings (SSSR count). The molecule has 0 spiro atoms. The predicted molar refractivity (Wildman–Crippen MR) is 53.8 cm³/mol. The number of hydrogen-bond acceptors (Lipinski definition) is 3. The predicted octanol–water partition coefficient (Wildman–Crippen LogP) is 1.82. The van der Waals surface area contributed by atoms with Gasteiger partial charge in [0, 0.05) is 24.8 Å². The van der Waals surface area contributed by atoms with Crippen LogP contribution < -0.4 is 4.90 Å². The van der Waals surface area contributed by atoms with Gasteiger partial charge in [-0.1, -0.05) is 0 Å². The zero-order valence-corrected chi connectivity index (χ0v) is 9.23. The Kier molecular flexibility index (Phi) is 3.01. The van der Waals surface area contributed by atoms with Crippen molar-refractivity contribution in [2.75, 3.05) is 19.0 Å². The standard InChI is InChI=1S/C8H9ClFNO2S/c1-11(2)7-4-3-6(10)5-8(7)14(9,12)13/h3-5H,1-2H3. The minimum Gasteiger partial charge on any atom is -0.377 e. The Morgan fingerprint density at radius 1 is 1.36 bits per heavy atom. The minimum atomic E-state index is -3.91. The average Bonchev–Trinajstić information content (AvgIpc) is 2.01. The van der Waals surface area contributed by atoms with Crippen LogP contribution in [0.5, 0.6) is 0 Å². The van der Waals surface area contributed by atoms with Crippen molar-refractivity contribution in [1.82, 2.24) is 0 Å². The lowest BCUT2D eigenvalue weighted by Gasteiger charge is -2.15. The van der Waals surface area contributed by atoms with Crippen LogP contribution in [0.3, 0.4) is 0 Å². The molecule has 78 valence electrons. The average molecular weight is 238 g/mol. The summed E-state index contributed by atoms with van der Waals surface area (Å²) in [5.41, 5.74) is 0.362. The fourth-order valence-corrected chi connectivity index (χ4v) is 2.18. The van der Waals surface area contributed by atoms with Crippen LogP contribution in [0.1, 0.15) is 0 Å². The number of benzene rings is 1. The first-order valence-corrected chi connectivity index (χ1v) is 6.05. The van der Waals surface area contributed by atoms with Crippen molar-refractivity contribution < 1.29 is 12.8 Å². The van der Waals surface area contributed by atoms with Crippen molar-refractivity contribution in [2.24, 2.45) is 0 Å². The van der Waals surface area contributed by atoms with Crippen LogP contribution in [0.25, 0.3) is 0 Å². The van der Waals surface area contributed by atoms with Crippen molar-refractivity contribution in [3.63, 3.8) is 0 Å². The molecule has 0 aliphatic heterocycles. The topological polar surface area (TPSA) is 37.4 Å². The molecule has 6 heteroatoms. The van der Waals surface area contributed by atoms with E-state index in [1.807, 2.05) is 0 Å². The molecule has 0 saturated carbocycles. The first-order chi connectivity index (χ1) is 6.32. The van der Waals surface area contributed by atoms with E-state index in [1.165, 1.54) is 12.1 Å². The van der Waals surface area contributed by atoms with Gasteiger partial charge >= 0.3 is 0 Å². The molecule has 0 aliphatic carbocycles. The molecule has 1 aromatic carbocycles. The quantitative estimate of drug-likeness (QED) is 0.737. The van der Waals surface area contributed by atoms with Crippen molar-refractivity contribution in [2.45, 2.75) is 4.90 Å². The maximum atomic E-state index is 12.8. The van der Waals surface area contributed by atoms with Gasteiger partial charge in [0.2, 0.25) is 0 Å². The summed E-state index contributed by atoms with van der Waals surface area (Å²) < 4.78 is 35.0. The van der Waals surface area contributed by atoms with Crippen LogP contribution >= 0.6 is 10.7 Å².